The summed E-state index contributed by atoms with van der Waals surface area (Å²) >= 11 is 0. The second-order valence-corrected chi connectivity index (χ2v) is 9.75. The van der Waals surface area contributed by atoms with Crippen molar-refractivity contribution in [3.63, 3.8) is 0 Å². The highest BCUT2D eigenvalue weighted by Gasteiger charge is 2.27. The zero-order valence-electron chi connectivity index (χ0n) is 20.3. The van der Waals surface area contributed by atoms with E-state index in [4.69, 9.17) is 4.74 Å². The van der Waals surface area contributed by atoms with Crippen molar-refractivity contribution < 1.29 is 14.2 Å². The van der Waals surface area contributed by atoms with Crippen LogP contribution in [0.2, 0.25) is 0 Å². The Kier molecular flexibility index (Phi) is 7.53. The van der Waals surface area contributed by atoms with Crippen molar-refractivity contribution in [2.24, 2.45) is 0 Å². The van der Waals surface area contributed by atoms with Crippen LogP contribution < -0.4 is 9.64 Å². The molecule has 0 amide bonds. The van der Waals surface area contributed by atoms with Crippen molar-refractivity contribution in [1.82, 2.24) is 4.90 Å². The molecule has 2 aliphatic rings. The summed E-state index contributed by atoms with van der Waals surface area (Å²) in [6.07, 6.45) is 6.69. The molecule has 35 heavy (non-hydrogen) atoms. The number of anilines is 1. The summed E-state index contributed by atoms with van der Waals surface area (Å²) in [5.74, 6) is 1.02. The maximum absolute atomic E-state index is 13.5. The lowest BCUT2D eigenvalue weighted by Gasteiger charge is -2.39. The number of nitrogens with zero attached hydrogens (tertiary/aromatic N) is 2. The van der Waals surface area contributed by atoms with Gasteiger partial charge in [-0.05, 0) is 110 Å². The number of hydrogen-bond acceptors (Lipinski definition) is 4. The van der Waals surface area contributed by atoms with Crippen molar-refractivity contribution in [2.75, 3.05) is 37.7 Å². The van der Waals surface area contributed by atoms with Crippen LogP contribution in [0.25, 0.3) is 0 Å². The minimum Gasteiger partial charge on any atom is -0.508 e. The van der Waals surface area contributed by atoms with Gasteiger partial charge in [-0.15, -0.1) is 0 Å². The highest BCUT2D eigenvalue weighted by molar-refractivity contribution is 5.53. The second-order valence-electron chi connectivity index (χ2n) is 9.75. The number of phenolic OH excluding ortho intramolecular Hbond substituents is 1. The number of benzene rings is 3. The van der Waals surface area contributed by atoms with Crippen molar-refractivity contribution in [3.05, 3.63) is 89.2 Å². The number of halogens is 1. The normalized spacial score (nSPS) is 18.3. The topological polar surface area (TPSA) is 35.9 Å². The first-order valence-corrected chi connectivity index (χ1v) is 12.9. The van der Waals surface area contributed by atoms with Crippen LogP contribution in [0.4, 0.5) is 10.1 Å². The maximum Gasteiger partial charge on any atom is 0.123 e. The van der Waals surface area contributed by atoms with E-state index in [1.54, 1.807) is 6.07 Å². The summed E-state index contributed by atoms with van der Waals surface area (Å²) in [4.78, 5) is 4.86. The standard InChI is InChI=1S/C30H35FN2O2/c31-25-7-9-26(10-8-25)33-19-16-24-22-27(34)11-14-29(24)30(33)15-6-23-4-12-28(13-5-23)35-21-20-32-17-2-1-3-18-32/h4-5,7-14,22,30,34H,1-3,6,15-21H2. The largest absolute Gasteiger partial charge is 0.508 e. The molecule has 0 bridgehead atoms. The second kappa shape index (κ2) is 11.1. The molecule has 0 radical (unpaired) electrons. The molecule has 1 N–H and O–H groups in total. The third-order valence-corrected chi connectivity index (χ3v) is 7.40. The number of piperidine rings is 1. The van der Waals surface area contributed by atoms with Gasteiger partial charge in [-0.3, -0.25) is 4.90 Å². The first-order valence-electron chi connectivity index (χ1n) is 12.9. The number of aryl methyl sites for hydroxylation is 1. The predicted octanol–water partition coefficient (Wildman–Crippen LogP) is 6.13. The van der Waals surface area contributed by atoms with Crippen LogP contribution in [-0.2, 0) is 12.8 Å². The summed E-state index contributed by atoms with van der Waals surface area (Å²) in [6.45, 7) is 4.97. The fourth-order valence-corrected chi connectivity index (χ4v) is 5.48. The van der Waals surface area contributed by atoms with E-state index in [1.165, 1.54) is 61.2 Å². The van der Waals surface area contributed by atoms with Gasteiger partial charge in [0.15, 0.2) is 0 Å². The zero-order chi connectivity index (χ0) is 24.0. The van der Waals surface area contributed by atoms with Crippen LogP contribution in [0.3, 0.4) is 0 Å². The van der Waals surface area contributed by atoms with E-state index < -0.39 is 0 Å². The van der Waals surface area contributed by atoms with Crippen LogP contribution in [0.1, 0.15) is 48.4 Å². The third kappa shape index (κ3) is 5.96. The fraction of sp³-hybridized carbons (Fsp3) is 0.400. The number of phenols is 1. The quantitative estimate of drug-likeness (QED) is 0.426. The van der Waals surface area contributed by atoms with E-state index in [0.29, 0.717) is 5.75 Å². The number of ether oxygens (including phenoxy) is 1. The van der Waals surface area contributed by atoms with Crippen LogP contribution >= 0.6 is 0 Å². The Morgan fingerprint density at radius 3 is 2.43 bits per heavy atom. The molecule has 0 aliphatic carbocycles. The minimum absolute atomic E-state index is 0.172. The molecule has 0 saturated carbocycles. The summed E-state index contributed by atoms with van der Waals surface area (Å²) in [7, 11) is 0. The van der Waals surface area contributed by atoms with Gasteiger partial charge < -0.3 is 14.7 Å². The van der Waals surface area contributed by atoms with Crippen molar-refractivity contribution in [1.29, 1.82) is 0 Å². The number of fused-ring (bicyclic) bond motifs is 1. The van der Waals surface area contributed by atoms with E-state index in [9.17, 15) is 9.50 Å². The van der Waals surface area contributed by atoms with Crippen LogP contribution in [0.5, 0.6) is 11.5 Å². The summed E-state index contributed by atoms with van der Waals surface area (Å²) in [6, 6.07) is 21.2. The van der Waals surface area contributed by atoms with Gasteiger partial charge in [0.05, 0.1) is 6.04 Å². The molecule has 2 heterocycles. The van der Waals surface area contributed by atoms with Gasteiger partial charge in [0.25, 0.3) is 0 Å². The van der Waals surface area contributed by atoms with Crippen LogP contribution in [-0.4, -0.2) is 42.8 Å². The number of rotatable bonds is 8. The minimum atomic E-state index is -0.217. The van der Waals surface area contributed by atoms with E-state index in [-0.39, 0.29) is 11.9 Å². The smallest absolute Gasteiger partial charge is 0.123 e. The monoisotopic (exact) mass is 474 g/mol. The Morgan fingerprint density at radius 1 is 0.886 bits per heavy atom. The Bertz CT molecular complexity index is 1090. The molecule has 0 spiro atoms. The Balaban J connectivity index is 1.23. The maximum atomic E-state index is 13.5. The third-order valence-electron chi connectivity index (χ3n) is 7.40. The molecule has 1 unspecified atom stereocenters. The van der Waals surface area contributed by atoms with E-state index in [1.807, 2.05) is 24.3 Å². The molecular formula is C30H35FN2O2. The SMILES string of the molecule is Oc1ccc2c(c1)CCN(c1ccc(F)cc1)C2CCc1ccc(OCCN2CCCCC2)cc1. The molecule has 5 heteroatoms. The molecule has 3 aromatic rings. The van der Waals surface area contributed by atoms with Gasteiger partial charge >= 0.3 is 0 Å². The van der Waals surface area contributed by atoms with E-state index in [0.717, 1.165) is 50.4 Å². The average molecular weight is 475 g/mol. The van der Waals surface area contributed by atoms with Gasteiger partial charge in [-0.2, -0.15) is 0 Å². The molecule has 3 aromatic carbocycles. The van der Waals surface area contributed by atoms with Gasteiger partial charge in [0.2, 0.25) is 0 Å². The lowest BCUT2D eigenvalue weighted by molar-refractivity contribution is 0.183. The highest BCUT2D eigenvalue weighted by Crippen LogP contribution is 2.38. The Labute approximate surface area is 208 Å². The molecule has 184 valence electrons. The summed E-state index contributed by atoms with van der Waals surface area (Å²) in [5.41, 5.74) is 4.76. The average Bonchev–Trinajstić information content (AvgIpc) is 2.89. The van der Waals surface area contributed by atoms with Crippen molar-refractivity contribution >= 4 is 5.69 Å². The summed E-state index contributed by atoms with van der Waals surface area (Å²) in [5, 5.41) is 9.99. The van der Waals surface area contributed by atoms with Crippen LogP contribution in [0, 0.1) is 5.82 Å². The van der Waals surface area contributed by atoms with Gasteiger partial charge in [-0.1, -0.05) is 24.6 Å². The van der Waals surface area contributed by atoms with Gasteiger partial charge in [0, 0.05) is 18.8 Å². The summed E-state index contributed by atoms with van der Waals surface area (Å²) < 4.78 is 19.5. The van der Waals surface area contributed by atoms with E-state index >= 15 is 0 Å². The lowest BCUT2D eigenvalue weighted by atomic mass is 9.88. The van der Waals surface area contributed by atoms with Gasteiger partial charge in [-0.25, -0.2) is 4.39 Å². The lowest BCUT2D eigenvalue weighted by Crippen LogP contribution is -2.35. The first kappa shape index (κ1) is 23.7. The molecule has 2 aliphatic heterocycles. The fourth-order valence-electron chi connectivity index (χ4n) is 5.48. The number of aromatic hydroxyl groups is 1. The highest BCUT2D eigenvalue weighted by atomic mass is 19.1. The first-order chi connectivity index (χ1) is 17.2. The Hall–Kier alpha value is -3.05. The van der Waals surface area contributed by atoms with Crippen molar-refractivity contribution in [2.45, 2.75) is 44.6 Å². The number of hydrogen-bond donors (Lipinski definition) is 1. The van der Waals surface area contributed by atoms with E-state index in [2.05, 4.69) is 34.1 Å². The van der Waals surface area contributed by atoms with Crippen molar-refractivity contribution in [3.8, 4) is 11.5 Å². The molecule has 1 fully saturated rings. The molecule has 1 saturated heterocycles. The predicted molar refractivity (Wildman–Crippen MR) is 139 cm³/mol. The molecular weight excluding hydrogens is 439 g/mol. The molecule has 0 aromatic heterocycles. The van der Waals surface area contributed by atoms with Crippen LogP contribution in [0.15, 0.2) is 66.7 Å². The Morgan fingerprint density at radius 2 is 1.66 bits per heavy atom. The molecule has 4 nitrogen and oxygen atoms in total. The number of likely N-dealkylation sites (tertiary alicyclic amines) is 1. The molecule has 1 atom stereocenters. The zero-order valence-corrected chi connectivity index (χ0v) is 20.3. The molecule has 5 rings (SSSR count). The van der Waals surface area contributed by atoms with Gasteiger partial charge in [0.1, 0.15) is 23.9 Å².